The second-order valence-electron chi connectivity index (χ2n) is 9.80. The highest BCUT2D eigenvalue weighted by atomic mass is 16.5. The predicted molar refractivity (Wildman–Crippen MR) is 135 cm³/mol. The van der Waals surface area contributed by atoms with E-state index >= 15 is 0 Å². The number of guanidine groups is 1. The smallest absolute Gasteiger partial charge is 0.204 e. The fraction of sp³-hybridized carbons (Fsp3) is 0.615. The molecule has 1 aromatic carbocycles. The molecule has 0 spiro atoms. The molecule has 0 radical (unpaired) electrons. The second-order valence-corrected chi connectivity index (χ2v) is 9.80. The Morgan fingerprint density at radius 1 is 1.09 bits per heavy atom. The van der Waals surface area contributed by atoms with Gasteiger partial charge in [0.05, 0.1) is 64.0 Å². The van der Waals surface area contributed by atoms with Gasteiger partial charge >= 0.3 is 0 Å². The van der Waals surface area contributed by atoms with E-state index in [0.29, 0.717) is 25.0 Å². The van der Waals surface area contributed by atoms with Gasteiger partial charge in [-0.25, -0.2) is 4.99 Å². The van der Waals surface area contributed by atoms with Crippen LogP contribution in [0.4, 0.5) is 0 Å². The molecule has 4 heterocycles. The number of hydrogen-bond donors (Lipinski definition) is 1. The molecule has 35 heavy (non-hydrogen) atoms. The molecule has 9 heteroatoms. The van der Waals surface area contributed by atoms with Crippen LogP contribution in [0, 0.1) is 5.92 Å². The first-order valence-corrected chi connectivity index (χ1v) is 12.6. The Labute approximate surface area is 207 Å². The topological polar surface area (TPSA) is 82.4 Å². The van der Waals surface area contributed by atoms with E-state index in [0.717, 1.165) is 61.3 Å². The van der Waals surface area contributed by atoms with Gasteiger partial charge in [-0.05, 0) is 38.5 Å². The van der Waals surface area contributed by atoms with Crippen LogP contribution in [0.3, 0.4) is 0 Å². The molecule has 9 nitrogen and oxygen atoms in total. The normalized spacial score (nSPS) is 29.8. The minimum Gasteiger partial charge on any atom is -0.496 e. The Morgan fingerprint density at radius 3 is 2.57 bits per heavy atom. The predicted octanol–water partition coefficient (Wildman–Crippen LogP) is 2.02. The molecule has 2 saturated heterocycles. The molecule has 0 saturated carbocycles. The summed E-state index contributed by atoms with van der Waals surface area (Å²) in [6, 6.07) is 6.42. The quantitative estimate of drug-likeness (QED) is 0.702. The summed E-state index contributed by atoms with van der Waals surface area (Å²) < 4.78 is 16.9. The Kier molecular flexibility index (Phi) is 7.11. The summed E-state index contributed by atoms with van der Waals surface area (Å²) in [5.74, 6) is 2.69. The van der Waals surface area contributed by atoms with Gasteiger partial charge in [0.25, 0.3) is 0 Å². The molecule has 5 rings (SSSR count). The van der Waals surface area contributed by atoms with Crippen LogP contribution in [-0.4, -0.2) is 104 Å². The Balaban J connectivity index is 1.54. The number of fused-ring (bicyclic) bond motifs is 1. The lowest BCUT2D eigenvalue weighted by Gasteiger charge is -2.52. The third kappa shape index (κ3) is 4.58. The molecule has 0 bridgehead atoms. The number of benzene rings is 1. The largest absolute Gasteiger partial charge is 0.496 e. The van der Waals surface area contributed by atoms with Gasteiger partial charge in [0.2, 0.25) is 5.96 Å². The van der Waals surface area contributed by atoms with Crippen LogP contribution in [0.5, 0.6) is 5.75 Å². The number of amidine groups is 1. The van der Waals surface area contributed by atoms with Gasteiger partial charge < -0.3 is 29.1 Å². The maximum absolute atomic E-state index is 9.80. The van der Waals surface area contributed by atoms with Crippen LogP contribution in [0.15, 0.2) is 34.3 Å². The second kappa shape index (κ2) is 10.3. The number of methoxy groups -OCH3 is 1. The molecule has 4 unspecified atom stereocenters. The van der Waals surface area contributed by atoms with Gasteiger partial charge in [-0.15, -0.1) is 0 Å². The zero-order valence-electron chi connectivity index (χ0n) is 21.2. The van der Waals surface area contributed by atoms with Crippen LogP contribution in [0.1, 0.15) is 31.4 Å². The van der Waals surface area contributed by atoms with E-state index in [-0.39, 0.29) is 24.7 Å². The first kappa shape index (κ1) is 24.2. The highest BCUT2D eigenvalue weighted by Gasteiger charge is 2.44. The molecule has 0 aromatic heterocycles. The first-order valence-electron chi connectivity index (χ1n) is 12.6. The SMILES string of the molecule is COc1ccc(C2=CCC3C(=N2)N=C(N2CCOCC2C)N(C)C3N2CCOCC2C)cc1CO. The average Bonchev–Trinajstić information content (AvgIpc) is 2.89. The Bertz CT molecular complexity index is 1020. The van der Waals surface area contributed by atoms with E-state index in [1.165, 1.54) is 0 Å². The minimum absolute atomic E-state index is 0.0809. The third-order valence-corrected chi connectivity index (χ3v) is 7.55. The van der Waals surface area contributed by atoms with E-state index in [4.69, 9.17) is 24.2 Å². The lowest BCUT2D eigenvalue weighted by molar-refractivity contribution is -0.0620. The molecule has 1 aromatic rings. The van der Waals surface area contributed by atoms with E-state index in [1.54, 1.807) is 7.11 Å². The van der Waals surface area contributed by atoms with E-state index < -0.39 is 0 Å². The number of ether oxygens (including phenoxy) is 3. The number of rotatable bonds is 4. The zero-order valence-corrected chi connectivity index (χ0v) is 21.2. The summed E-state index contributed by atoms with van der Waals surface area (Å²) in [6.45, 7) is 8.93. The number of aliphatic hydroxyl groups excluding tert-OH is 1. The number of morpholine rings is 2. The van der Waals surface area contributed by atoms with Crippen molar-refractivity contribution in [3.63, 3.8) is 0 Å². The minimum atomic E-state index is -0.0809. The van der Waals surface area contributed by atoms with E-state index in [1.807, 2.05) is 18.2 Å². The molecule has 2 fully saturated rings. The molecule has 0 amide bonds. The summed E-state index contributed by atoms with van der Waals surface area (Å²) in [4.78, 5) is 17.5. The van der Waals surface area contributed by atoms with Gasteiger partial charge in [0.1, 0.15) is 11.6 Å². The van der Waals surface area contributed by atoms with Crippen molar-refractivity contribution in [2.75, 3.05) is 53.7 Å². The summed E-state index contributed by atoms with van der Waals surface area (Å²) in [5, 5.41) is 9.80. The lowest BCUT2D eigenvalue weighted by Crippen LogP contribution is -2.66. The first-order chi connectivity index (χ1) is 17.0. The van der Waals surface area contributed by atoms with Crippen molar-refractivity contribution in [3.8, 4) is 5.75 Å². The highest BCUT2D eigenvalue weighted by molar-refractivity contribution is 6.03. The number of aliphatic hydroxyl groups is 1. The van der Waals surface area contributed by atoms with Crippen molar-refractivity contribution < 1.29 is 19.3 Å². The van der Waals surface area contributed by atoms with Crippen LogP contribution in [0.25, 0.3) is 5.70 Å². The number of aliphatic imine (C=N–C) groups is 2. The van der Waals surface area contributed by atoms with Crippen molar-refractivity contribution in [1.29, 1.82) is 0 Å². The van der Waals surface area contributed by atoms with Crippen molar-refractivity contribution in [1.82, 2.24) is 14.7 Å². The molecule has 4 atom stereocenters. The molecule has 0 aliphatic carbocycles. The summed E-state index contributed by atoms with van der Waals surface area (Å²) in [7, 11) is 3.79. The zero-order chi connectivity index (χ0) is 24.5. The molecule has 4 aliphatic rings. The third-order valence-electron chi connectivity index (χ3n) is 7.55. The van der Waals surface area contributed by atoms with Crippen LogP contribution in [0.2, 0.25) is 0 Å². The lowest BCUT2D eigenvalue weighted by atomic mass is 9.91. The number of allylic oxidation sites excluding steroid dienone is 1. The van der Waals surface area contributed by atoms with E-state index in [9.17, 15) is 5.11 Å². The Morgan fingerprint density at radius 2 is 1.86 bits per heavy atom. The maximum atomic E-state index is 9.80. The summed E-state index contributed by atoms with van der Waals surface area (Å²) >= 11 is 0. The van der Waals surface area contributed by atoms with Crippen molar-refractivity contribution in [2.45, 2.75) is 45.1 Å². The van der Waals surface area contributed by atoms with Gasteiger partial charge in [0.15, 0.2) is 0 Å². The average molecular weight is 484 g/mol. The summed E-state index contributed by atoms with van der Waals surface area (Å²) in [5.41, 5.74) is 2.61. The van der Waals surface area contributed by atoms with Crippen LogP contribution < -0.4 is 4.74 Å². The van der Waals surface area contributed by atoms with Gasteiger partial charge in [-0.1, -0.05) is 6.08 Å². The van der Waals surface area contributed by atoms with Crippen molar-refractivity contribution in [2.24, 2.45) is 15.9 Å². The molecule has 1 N–H and O–H groups in total. The monoisotopic (exact) mass is 483 g/mol. The highest BCUT2D eigenvalue weighted by Crippen LogP contribution is 2.36. The summed E-state index contributed by atoms with van der Waals surface area (Å²) in [6.07, 6.45) is 3.21. The molecule has 190 valence electrons. The fourth-order valence-corrected chi connectivity index (χ4v) is 5.65. The van der Waals surface area contributed by atoms with Crippen molar-refractivity contribution in [3.05, 3.63) is 35.4 Å². The van der Waals surface area contributed by atoms with Gasteiger partial charge in [-0.2, -0.15) is 4.99 Å². The van der Waals surface area contributed by atoms with Crippen LogP contribution in [-0.2, 0) is 16.1 Å². The van der Waals surface area contributed by atoms with Gasteiger partial charge in [-0.3, -0.25) is 4.90 Å². The molecular formula is C26H37N5O4. The van der Waals surface area contributed by atoms with Crippen LogP contribution >= 0.6 is 0 Å². The Hall–Kier alpha value is -2.46. The fourth-order valence-electron chi connectivity index (χ4n) is 5.65. The molecule has 4 aliphatic heterocycles. The van der Waals surface area contributed by atoms with Crippen molar-refractivity contribution >= 4 is 17.5 Å². The number of nitrogens with zero attached hydrogens (tertiary/aromatic N) is 5. The maximum Gasteiger partial charge on any atom is 0.204 e. The molecular weight excluding hydrogens is 446 g/mol. The standard InChI is InChI=1S/C26H37N5O4/c1-17-15-34-11-9-30(17)25-21-6-7-22(19-5-8-23(33-4)20(13-19)14-32)27-24(21)28-26(29(25)3)31-10-12-35-16-18(31)2/h5,7-8,13,17-18,21,25,32H,6,9-12,14-16H2,1-4H3. The number of hydrogen-bond acceptors (Lipinski definition) is 9. The van der Waals surface area contributed by atoms with Gasteiger partial charge in [0, 0.05) is 37.3 Å². The van der Waals surface area contributed by atoms with E-state index in [2.05, 4.69) is 41.7 Å².